The Kier molecular flexibility index (Phi) is 7.27. The normalized spacial score (nSPS) is 13.9. The number of nitrogens with zero attached hydrogens (tertiary/aromatic N) is 3. The topological polar surface area (TPSA) is 110 Å². The van der Waals surface area contributed by atoms with Gasteiger partial charge in [0, 0.05) is 47.9 Å². The van der Waals surface area contributed by atoms with Crippen LogP contribution in [0.25, 0.3) is 21.9 Å². The minimum absolute atomic E-state index is 0.0519. The molecule has 0 atom stereocenters. The number of nitro groups is 1. The lowest BCUT2D eigenvalue weighted by molar-refractivity contribution is -0.383. The summed E-state index contributed by atoms with van der Waals surface area (Å²) in [4.78, 5) is 30.5. The van der Waals surface area contributed by atoms with Crippen molar-refractivity contribution in [3.05, 3.63) is 93.8 Å². The number of nitrogens with one attached hydrogen (secondary N) is 2. The molecule has 10 heteroatoms. The van der Waals surface area contributed by atoms with Crippen LogP contribution in [0.15, 0.2) is 72.9 Å². The van der Waals surface area contributed by atoms with Crippen molar-refractivity contribution in [1.29, 1.82) is 0 Å². The van der Waals surface area contributed by atoms with E-state index in [0.29, 0.717) is 5.69 Å². The van der Waals surface area contributed by atoms with Gasteiger partial charge in [0.1, 0.15) is 5.69 Å². The van der Waals surface area contributed by atoms with Crippen LogP contribution in [0.3, 0.4) is 0 Å². The lowest BCUT2D eigenvalue weighted by Crippen LogP contribution is -2.35. The summed E-state index contributed by atoms with van der Waals surface area (Å²) < 4.78 is 5.41. The minimum atomic E-state index is -0.600. The molecule has 188 valence electrons. The maximum absolute atomic E-state index is 12.7. The predicted octanol–water partition coefficient (Wildman–Crippen LogP) is 5.94. The Hall–Kier alpha value is -4.05. The number of ether oxygens (including phenoxy) is 1. The largest absolute Gasteiger partial charge is 0.379 e. The smallest absolute Gasteiger partial charge is 0.323 e. The molecule has 2 N–H and O–H groups in total. The highest BCUT2D eigenvalue weighted by atomic mass is 35.5. The second-order valence-electron chi connectivity index (χ2n) is 8.63. The van der Waals surface area contributed by atoms with E-state index in [0.717, 1.165) is 60.4 Å². The van der Waals surface area contributed by atoms with E-state index in [9.17, 15) is 14.9 Å². The summed E-state index contributed by atoms with van der Waals surface area (Å²) in [6.07, 6.45) is 1.87. The number of anilines is 2. The quantitative estimate of drug-likeness (QED) is 0.242. The van der Waals surface area contributed by atoms with Gasteiger partial charge >= 0.3 is 6.03 Å². The fraction of sp³-hybridized carbons (Fsp3) is 0.185. The highest BCUT2D eigenvalue weighted by Crippen LogP contribution is 2.34. The van der Waals surface area contributed by atoms with Crippen molar-refractivity contribution in [2.45, 2.75) is 6.54 Å². The van der Waals surface area contributed by atoms with E-state index < -0.39 is 11.0 Å². The van der Waals surface area contributed by atoms with E-state index in [1.807, 2.05) is 48.7 Å². The molecule has 0 radical (unpaired) electrons. The van der Waals surface area contributed by atoms with E-state index in [-0.39, 0.29) is 16.4 Å². The van der Waals surface area contributed by atoms with Crippen molar-refractivity contribution in [2.75, 3.05) is 36.9 Å². The highest BCUT2D eigenvalue weighted by Gasteiger charge is 2.18. The number of pyridine rings is 1. The third-order valence-corrected chi connectivity index (χ3v) is 6.44. The van der Waals surface area contributed by atoms with Crippen molar-refractivity contribution in [3.63, 3.8) is 0 Å². The average molecular weight is 518 g/mol. The van der Waals surface area contributed by atoms with Gasteiger partial charge in [-0.05, 0) is 35.2 Å². The Morgan fingerprint density at radius 2 is 1.73 bits per heavy atom. The van der Waals surface area contributed by atoms with Crippen LogP contribution < -0.4 is 10.6 Å². The van der Waals surface area contributed by atoms with Crippen molar-refractivity contribution >= 4 is 45.5 Å². The van der Waals surface area contributed by atoms with Crippen LogP contribution >= 0.6 is 11.6 Å². The number of hydrogen-bond acceptors (Lipinski definition) is 6. The number of halogens is 1. The van der Waals surface area contributed by atoms with Gasteiger partial charge in [-0.3, -0.25) is 20.0 Å². The van der Waals surface area contributed by atoms with Gasteiger partial charge in [-0.1, -0.05) is 48.0 Å². The van der Waals surface area contributed by atoms with E-state index in [1.54, 1.807) is 0 Å². The van der Waals surface area contributed by atoms with Crippen molar-refractivity contribution < 1.29 is 14.5 Å². The molecular formula is C27H24ClN5O4. The number of nitro benzene ring substituents is 1. The van der Waals surface area contributed by atoms with E-state index >= 15 is 0 Å². The Balaban J connectivity index is 1.37. The van der Waals surface area contributed by atoms with Gasteiger partial charge in [-0.15, -0.1) is 0 Å². The molecule has 0 bridgehead atoms. The first kappa shape index (κ1) is 24.6. The highest BCUT2D eigenvalue weighted by molar-refractivity contribution is 6.31. The van der Waals surface area contributed by atoms with Gasteiger partial charge < -0.3 is 15.4 Å². The number of urea groups is 1. The zero-order valence-electron chi connectivity index (χ0n) is 19.8. The maximum Gasteiger partial charge on any atom is 0.323 e. The van der Waals surface area contributed by atoms with Crippen LogP contribution in [0.4, 0.5) is 21.9 Å². The minimum Gasteiger partial charge on any atom is -0.379 e. The second-order valence-corrected chi connectivity index (χ2v) is 9.07. The molecule has 5 rings (SSSR count). The zero-order valence-corrected chi connectivity index (χ0v) is 20.6. The number of amides is 2. The molecule has 37 heavy (non-hydrogen) atoms. The summed E-state index contributed by atoms with van der Waals surface area (Å²) in [5, 5.41) is 18.7. The summed E-state index contributed by atoms with van der Waals surface area (Å²) in [6, 6.07) is 19.1. The number of benzene rings is 3. The molecule has 0 unspecified atom stereocenters. The Bertz CT molecular complexity index is 1460. The van der Waals surface area contributed by atoms with Gasteiger partial charge in [0.15, 0.2) is 0 Å². The fourth-order valence-electron chi connectivity index (χ4n) is 4.36. The Morgan fingerprint density at radius 1 is 1.00 bits per heavy atom. The summed E-state index contributed by atoms with van der Waals surface area (Å²) >= 11 is 5.87. The molecule has 0 spiro atoms. The number of carbonyl (C=O) groups excluding carboxylic acids is 1. The van der Waals surface area contributed by atoms with Gasteiger partial charge in [0.05, 0.1) is 29.5 Å². The first-order valence-electron chi connectivity index (χ1n) is 11.8. The second kappa shape index (κ2) is 10.9. The third-order valence-electron chi connectivity index (χ3n) is 6.20. The van der Waals surface area contributed by atoms with E-state index in [4.69, 9.17) is 16.3 Å². The number of carbonyl (C=O) groups is 1. The summed E-state index contributed by atoms with van der Waals surface area (Å²) in [5.41, 5.74) is 3.30. The van der Waals surface area contributed by atoms with E-state index in [1.165, 1.54) is 18.2 Å². The molecular weight excluding hydrogens is 494 g/mol. The third kappa shape index (κ3) is 5.69. The Morgan fingerprint density at radius 3 is 2.46 bits per heavy atom. The number of morpholine rings is 1. The number of aromatic nitrogens is 1. The van der Waals surface area contributed by atoms with Crippen LogP contribution in [-0.4, -0.2) is 47.1 Å². The number of hydrogen-bond donors (Lipinski definition) is 2. The first-order chi connectivity index (χ1) is 18.0. The van der Waals surface area contributed by atoms with Gasteiger partial charge in [-0.2, -0.15) is 0 Å². The van der Waals surface area contributed by atoms with Crippen LogP contribution in [0, 0.1) is 10.1 Å². The van der Waals surface area contributed by atoms with Crippen LogP contribution in [0.5, 0.6) is 0 Å². The van der Waals surface area contributed by atoms with Crippen molar-refractivity contribution in [1.82, 2.24) is 9.88 Å². The molecule has 1 aromatic heterocycles. The molecule has 4 aromatic rings. The molecule has 9 nitrogen and oxygen atoms in total. The standard InChI is InChI=1S/C27H24ClN5O4/c28-19-6-9-25(26(15-19)33(35)36)31-27(34)30-24-10-8-21(22-3-1-2-4-23(22)24)18-5-7-20(29-16-18)17-32-11-13-37-14-12-32/h1-10,15-16H,11-14,17H2,(H2,30,31,34). The number of fused-ring (bicyclic) bond motifs is 1. The Labute approximate surface area is 218 Å². The molecule has 0 aliphatic carbocycles. The van der Waals surface area contributed by atoms with Gasteiger partial charge in [0.2, 0.25) is 0 Å². The molecule has 1 fully saturated rings. The molecule has 3 aromatic carbocycles. The van der Waals surface area contributed by atoms with E-state index in [2.05, 4.69) is 26.6 Å². The fourth-order valence-corrected chi connectivity index (χ4v) is 4.53. The monoisotopic (exact) mass is 517 g/mol. The summed E-state index contributed by atoms with van der Waals surface area (Å²) in [5.74, 6) is 0. The lowest BCUT2D eigenvalue weighted by atomic mass is 9.98. The van der Waals surface area contributed by atoms with Crippen LogP contribution in [-0.2, 0) is 11.3 Å². The molecule has 1 aliphatic heterocycles. The summed E-state index contributed by atoms with van der Waals surface area (Å²) in [7, 11) is 0. The molecule has 1 saturated heterocycles. The zero-order chi connectivity index (χ0) is 25.8. The first-order valence-corrected chi connectivity index (χ1v) is 12.1. The SMILES string of the molecule is O=C(Nc1ccc(Cl)cc1[N+](=O)[O-])Nc1ccc(-c2ccc(CN3CCOCC3)nc2)c2ccccc12. The van der Waals surface area contributed by atoms with Gasteiger partial charge in [-0.25, -0.2) is 4.79 Å². The average Bonchev–Trinajstić information content (AvgIpc) is 2.91. The van der Waals surface area contributed by atoms with Crippen LogP contribution in [0.1, 0.15) is 5.69 Å². The maximum atomic E-state index is 12.7. The number of rotatable bonds is 6. The molecule has 2 amide bonds. The van der Waals surface area contributed by atoms with Crippen LogP contribution in [0.2, 0.25) is 5.02 Å². The van der Waals surface area contributed by atoms with Crippen molar-refractivity contribution in [3.8, 4) is 11.1 Å². The predicted molar refractivity (Wildman–Crippen MR) is 144 cm³/mol. The van der Waals surface area contributed by atoms with Gasteiger partial charge in [0.25, 0.3) is 5.69 Å². The molecule has 0 saturated carbocycles. The molecule has 2 heterocycles. The van der Waals surface area contributed by atoms with Crippen molar-refractivity contribution in [2.24, 2.45) is 0 Å². The summed E-state index contributed by atoms with van der Waals surface area (Å²) in [6.45, 7) is 4.09. The lowest BCUT2D eigenvalue weighted by Gasteiger charge is -2.26. The molecule has 1 aliphatic rings.